The van der Waals surface area contributed by atoms with Gasteiger partial charge in [0.25, 0.3) is 0 Å². The Kier molecular flexibility index (Phi) is 5.29. The number of nitrogens with two attached hydrogens (primary N) is 1. The van der Waals surface area contributed by atoms with Gasteiger partial charge in [0.1, 0.15) is 0 Å². The minimum atomic E-state index is 0.634. The molecule has 3 rings (SSSR count). The summed E-state index contributed by atoms with van der Waals surface area (Å²) in [6.45, 7) is 3.49. The van der Waals surface area contributed by atoms with E-state index in [1.165, 1.54) is 36.8 Å². The Hall–Kier alpha value is -2.30. The predicted octanol–water partition coefficient (Wildman–Crippen LogP) is 2.62. The number of rotatable bonds is 4. The molecule has 1 fully saturated rings. The van der Waals surface area contributed by atoms with Crippen molar-refractivity contribution in [2.45, 2.75) is 38.8 Å². The van der Waals surface area contributed by atoms with Gasteiger partial charge in [-0.05, 0) is 30.0 Å². The van der Waals surface area contributed by atoms with Gasteiger partial charge in [0.05, 0.1) is 13.1 Å². The summed E-state index contributed by atoms with van der Waals surface area (Å²) in [5.41, 5.74) is 8.59. The van der Waals surface area contributed by atoms with Gasteiger partial charge in [-0.15, -0.1) is 0 Å². The molecule has 5 heteroatoms. The number of hydrogen-bond donors (Lipinski definition) is 1. The molecule has 1 aromatic carbocycles. The van der Waals surface area contributed by atoms with Gasteiger partial charge in [0.2, 0.25) is 0 Å². The first-order valence-corrected chi connectivity index (χ1v) is 8.41. The van der Waals surface area contributed by atoms with Crippen molar-refractivity contribution in [2.24, 2.45) is 10.7 Å². The SMILES string of the molecule is NC(=NCc1cccc(Cn2cccn2)c1)N1CCCCCC1. The van der Waals surface area contributed by atoms with E-state index in [4.69, 9.17) is 5.73 Å². The van der Waals surface area contributed by atoms with Crippen LogP contribution in [-0.4, -0.2) is 33.7 Å². The first-order valence-electron chi connectivity index (χ1n) is 8.41. The third-order valence-electron chi connectivity index (χ3n) is 4.25. The molecule has 1 saturated heterocycles. The maximum absolute atomic E-state index is 6.18. The van der Waals surface area contributed by atoms with Gasteiger partial charge in [-0.2, -0.15) is 5.10 Å². The first kappa shape index (κ1) is 15.6. The number of benzene rings is 1. The molecule has 2 aromatic rings. The molecule has 0 bridgehead atoms. The molecule has 0 unspecified atom stereocenters. The number of aromatic nitrogens is 2. The summed E-state index contributed by atoms with van der Waals surface area (Å²) in [6.07, 6.45) is 8.82. The van der Waals surface area contributed by atoms with E-state index >= 15 is 0 Å². The largest absolute Gasteiger partial charge is 0.370 e. The summed E-state index contributed by atoms with van der Waals surface area (Å²) >= 11 is 0. The van der Waals surface area contributed by atoms with Crippen LogP contribution in [-0.2, 0) is 13.1 Å². The Bertz CT molecular complexity index is 625. The molecule has 0 amide bonds. The second kappa shape index (κ2) is 7.81. The van der Waals surface area contributed by atoms with Gasteiger partial charge in [0, 0.05) is 25.5 Å². The topological polar surface area (TPSA) is 59.4 Å². The lowest BCUT2D eigenvalue weighted by molar-refractivity contribution is 0.428. The van der Waals surface area contributed by atoms with E-state index < -0.39 is 0 Å². The van der Waals surface area contributed by atoms with Crippen molar-refractivity contribution in [2.75, 3.05) is 13.1 Å². The molecule has 0 aliphatic carbocycles. The van der Waals surface area contributed by atoms with Crippen molar-refractivity contribution < 1.29 is 0 Å². The van der Waals surface area contributed by atoms with E-state index in [9.17, 15) is 0 Å². The second-order valence-electron chi connectivity index (χ2n) is 6.10. The number of nitrogens with zero attached hydrogens (tertiary/aromatic N) is 4. The minimum Gasteiger partial charge on any atom is -0.370 e. The van der Waals surface area contributed by atoms with Crippen molar-refractivity contribution in [3.05, 3.63) is 53.9 Å². The van der Waals surface area contributed by atoms with Gasteiger partial charge in [0.15, 0.2) is 5.96 Å². The number of likely N-dealkylation sites (tertiary alicyclic amines) is 1. The van der Waals surface area contributed by atoms with Gasteiger partial charge >= 0.3 is 0 Å². The van der Waals surface area contributed by atoms with Crippen LogP contribution in [0.25, 0.3) is 0 Å². The van der Waals surface area contributed by atoms with Crippen molar-refractivity contribution in [1.82, 2.24) is 14.7 Å². The van der Waals surface area contributed by atoms with E-state index in [2.05, 4.69) is 39.3 Å². The van der Waals surface area contributed by atoms with Crippen molar-refractivity contribution in [1.29, 1.82) is 0 Å². The normalized spacial score (nSPS) is 16.3. The molecule has 0 spiro atoms. The summed E-state index contributed by atoms with van der Waals surface area (Å²) in [5.74, 6) is 0.685. The summed E-state index contributed by atoms with van der Waals surface area (Å²) in [4.78, 5) is 6.82. The molecule has 2 heterocycles. The smallest absolute Gasteiger partial charge is 0.191 e. The molecule has 0 saturated carbocycles. The lowest BCUT2D eigenvalue weighted by Gasteiger charge is -2.21. The maximum atomic E-state index is 6.18. The minimum absolute atomic E-state index is 0.634. The Labute approximate surface area is 137 Å². The first-order chi connectivity index (χ1) is 11.3. The Morgan fingerprint density at radius 2 is 1.87 bits per heavy atom. The van der Waals surface area contributed by atoms with E-state index in [1.807, 2.05) is 16.9 Å². The van der Waals surface area contributed by atoms with Crippen molar-refractivity contribution >= 4 is 5.96 Å². The third-order valence-corrected chi connectivity index (χ3v) is 4.25. The molecule has 1 aromatic heterocycles. The Morgan fingerprint density at radius 1 is 1.09 bits per heavy atom. The average Bonchev–Trinajstić information content (AvgIpc) is 2.92. The van der Waals surface area contributed by atoms with Crippen LogP contribution in [0.1, 0.15) is 36.8 Å². The molecule has 0 atom stereocenters. The molecule has 1 aliphatic rings. The highest BCUT2D eigenvalue weighted by Gasteiger charge is 2.10. The highest BCUT2D eigenvalue weighted by atomic mass is 15.3. The molecular weight excluding hydrogens is 286 g/mol. The van der Waals surface area contributed by atoms with Crippen LogP contribution in [0.15, 0.2) is 47.7 Å². The number of hydrogen-bond acceptors (Lipinski definition) is 2. The molecular formula is C18H25N5. The summed E-state index contributed by atoms with van der Waals surface area (Å²) in [6, 6.07) is 10.4. The van der Waals surface area contributed by atoms with E-state index in [1.54, 1.807) is 6.20 Å². The summed E-state index contributed by atoms with van der Waals surface area (Å²) < 4.78 is 1.92. The average molecular weight is 311 g/mol. The lowest BCUT2D eigenvalue weighted by Crippen LogP contribution is -2.38. The summed E-state index contributed by atoms with van der Waals surface area (Å²) in [7, 11) is 0. The van der Waals surface area contributed by atoms with Gasteiger partial charge in [-0.25, -0.2) is 4.99 Å². The molecule has 23 heavy (non-hydrogen) atoms. The van der Waals surface area contributed by atoms with Gasteiger partial charge in [-0.3, -0.25) is 4.68 Å². The van der Waals surface area contributed by atoms with Crippen molar-refractivity contribution in [3.8, 4) is 0 Å². The Balaban J connectivity index is 1.61. The zero-order valence-corrected chi connectivity index (χ0v) is 13.6. The zero-order chi connectivity index (χ0) is 15.9. The summed E-state index contributed by atoms with van der Waals surface area (Å²) in [5, 5.41) is 4.25. The Morgan fingerprint density at radius 3 is 2.61 bits per heavy atom. The van der Waals surface area contributed by atoms with Crippen LogP contribution in [0.4, 0.5) is 0 Å². The van der Waals surface area contributed by atoms with Crippen LogP contribution in [0.3, 0.4) is 0 Å². The maximum Gasteiger partial charge on any atom is 0.191 e. The monoisotopic (exact) mass is 311 g/mol. The van der Waals surface area contributed by atoms with Crippen molar-refractivity contribution in [3.63, 3.8) is 0 Å². The molecule has 2 N–H and O–H groups in total. The van der Waals surface area contributed by atoms with Crippen LogP contribution in [0, 0.1) is 0 Å². The van der Waals surface area contributed by atoms with E-state index in [0.717, 1.165) is 19.6 Å². The number of aliphatic imine (C=N–C) groups is 1. The molecule has 122 valence electrons. The highest BCUT2D eigenvalue weighted by Crippen LogP contribution is 2.11. The molecule has 5 nitrogen and oxygen atoms in total. The molecule has 1 aliphatic heterocycles. The fourth-order valence-corrected chi connectivity index (χ4v) is 2.98. The van der Waals surface area contributed by atoms with Crippen LogP contribution in [0.5, 0.6) is 0 Å². The quantitative estimate of drug-likeness (QED) is 0.697. The zero-order valence-electron chi connectivity index (χ0n) is 13.6. The third kappa shape index (κ3) is 4.58. The van der Waals surface area contributed by atoms with Crippen LogP contribution >= 0.6 is 0 Å². The van der Waals surface area contributed by atoms with E-state index in [0.29, 0.717) is 12.5 Å². The van der Waals surface area contributed by atoms with Crippen LogP contribution < -0.4 is 5.73 Å². The van der Waals surface area contributed by atoms with Gasteiger partial charge in [-0.1, -0.05) is 37.1 Å². The van der Waals surface area contributed by atoms with Crippen LogP contribution in [0.2, 0.25) is 0 Å². The fourth-order valence-electron chi connectivity index (χ4n) is 2.98. The standard InChI is InChI=1S/C18H25N5/c19-18(22-10-3-1-2-4-11-22)20-14-16-7-5-8-17(13-16)15-23-12-6-9-21-23/h5-9,12-13H,1-4,10-11,14-15H2,(H2,19,20). The number of guanidine groups is 1. The molecule has 0 radical (unpaired) electrons. The van der Waals surface area contributed by atoms with E-state index in [-0.39, 0.29) is 0 Å². The lowest BCUT2D eigenvalue weighted by atomic mass is 10.1. The predicted molar refractivity (Wildman–Crippen MR) is 93.1 cm³/mol. The second-order valence-corrected chi connectivity index (χ2v) is 6.10. The van der Waals surface area contributed by atoms with Gasteiger partial charge < -0.3 is 10.6 Å². The fraction of sp³-hybridized carbons (Fsp3) is 0.444. The highest BCUT2D eigenvalue weighted by molar-refractivity contribution is 5.78.